The molecule has 0 atom stereocenters. The van der Waals surface area contributed by atoms with E-state index in [0.717, 1.165) is 5.69 Å². The molecule has 0 aliphatic carbocycles. The van der Waals surface area contributed by atoms with Crippen molar-refractivity contribution >= 4 is 35.1 Å². The van der Waals surface area contributed by atoms with E-state index in [1.807, 2.05) is 30.5 Å². The molecule has 1 aromatic heterocycles. The van der Waals surface area contributed by atoms with E-state index in [1.54, 1.807) is 30.2 Å². The highest BCUT2D eigenvalue weighted by Gasteiger charge is 2.04. The predicted octanol–water partition coefficient (Wildman–Crippen LogP) is 2.93. The average Bonchev–Trinajstić information content (AvgIpc) is 2.47. The highest BCUT2D eigenvalue weighted by atomic mass is 32.2. The number of aromatic nitrogens is 2. The van der Waals surface area contributed by atoms with Crippen LogP contribution in [0.4, 0.5) is 5.69 Å². The van der Waals surface area contributed by atoms with Gasteiger partial charge in [-0.3, -0.25) is 4.79 Å². The van der Waals surface area contributed by atoms with Gasteiger partial charge in [-0.15, -0.1) is 11.8 Å². The van der Waals surface area contributed by atoms with Crippen molar-refractivity contribution in [3.05, 3.63) is 42.7 Å². The molecule has 0 aliphatic heterocycles. The highest BCUT2D eigenvalue weighted by molar-refractivity contribution is 7.99. The van der Waals surface area contributed by atoms with Crippen LogP contribution < -0.4 is 5.32 Å². The van der Waals surface area contributed by atoms with Crippen LogP contribution in [0.3, 0.4) is 0 Å². The first-order valence-corrected chi connectivity index (χ1v) is 7.82. The third kappa shape index (κ3) is 4.57. The van der Waals surface area contributed by atoms with Crippen LogP contribution in [0, 0.1) is 0 Å². The predicted molar refractivity (Wildman–Crippen MR) is 79.6 cm³/mol. The first-order chi connectivity index (χ1) is 9.28. The molecule has 19 heavy (non-hydrogen) atoms. The molecule has 1 aromatic carbocycles. The maximum Gasteiger partial charge on any atom is 0.234 e. The van der Waals surface area contributed by atoms with E-state index in [-0.39, 0.29) is 5.91 Å². The number of thioether (sulfide) groups is 2. The zero-order valence-corrected chi connectivity index (χ0v) is 12.0. The van der Waals surface area contributed by atoms with Gasteiger partial charge in [0.15, 0.2) is 5.16 Å². The molecule has 2 aromatic rings. The number of anilines is 1. The molecule has 4 nitrogen and oxygen atoms in total. The zero-order chi connectivity index (χ0) is 13.5. The molecule has 0 radical (unpaired) electrons. The molecule has 1 heterocycles. The van der Waals surface area contributed by atoms with Crippen molar-refractivity contribution in [2.24, 2.45) is 0 Å². The monoisotopic (exact) mass is 291 g/mol. The van der Waals surface area contributed by atoms with Gasteiger partial charge in [-0.1, -0.05) is 11.8 Å². The second kappa shape index (κ2) is 7.16. The van der Waals surface area contributed by atoms with E-state index in [9.17, 15) is 4.79 Å². The fraction of sp³-hybridized carbons (Fsp3) is 0.154. The summed E-state index contributed by atoms with van der Waals surface area (Å²) >= 11 is 2.99. The molecule has 0 saturated heterocycles. The molecular weight excluding hydrogens is 278 g/mol. The number of rotatable bonds is 5. The van der Waals surface area contributed by atoms with E-state index < -0.39 is 0 Å². The second-order valence-corrected chi connectivity index (χ2v) is 5.42. The molecule has 1 N–H and O–H groups in total. The number of benzene rings is 1. The first kappa shape index (κ1) is 13.9. The van der Waals surface area contributed by atoms with Crippen molar-refractivity contribution < 1.29 is 4.79 Å². The third-order valence-electron chi connectivity index (χ3n) is 2.25. The Morgan fingerprint density at radius 3 is 2.53 bits per heavy atom. The topological polar surface area (TPSA) is 54.9 Å². The van der Waals surface area contributed by atoms with E-state index in [2.05, 4.69) is 15.3 Å². The minimum absolute atomic E-state index is 0.0608. The SMILES string of the molecule is CSc1ccc(NC(=O)CSc2ncccn2)cc1. The number of carbonyl (C=O) groups is 1. The van der Waals surface area contributed by atoms with Crippen molar-refractivity contribution in [2.75, 3.05) is 17.3 Å². The fourth-order valence-electron chi connectivity index (χ4n) is 1.36. The molecule has 0 aliphatic rings. The zero-order valence-electron chi connectivity index (χ0n) is 10.4. The number of nitrogens with zero attached hydrogens (tertiary/aromatic N) is 2. The molecular formula is C13H13N3OS2. The van der Waals surface area contributed by atoms with Gasteiger partial charge in [0.05, 0.1) is 5.75 Å². The normalized spacial score (nSPS) is 10.2. The Morgan fingerprint density at radius 1 is 1.21 bits per heavy atom. The quantitative estimate of drug-likeness (QED) is 0.678. The van der Waals surface area contributed by atoms with Crippen LogP contribution in [0.5, 0.6) is 0 Å². The van der Waals surface area contributed by atoms with Crippen molar-refractivity contribution in [3.63, 3.8) is 0 Å². The van der Waals surface area contributed by atoms with E-state index in [0.29, 0.717) is 10.9 Å². The van der Waals surface area contributed by atoms with Gasteiger partial charge in [-0.2, -0.15) is 0 Å². The van der Waals surface area contributed by atoms with Gasteiger partial charge in [0, 0.05) is 23.0 Å². The average molecular weight is 291 g/mol. The van der Waals surface area contributed by atoms with Crippen LogP contribution in [0.1, 0.15) is 0 Å². The Hall–Kier alpha value is -1.53. The standard InChI is InChI=1S/C13H13N3OS2/c1-18-11-5-3-10(4-6-11)16-12(17)9-19-13-14-7-2-8-15-13/h2-8H,9H2,1H3,(H,16,17). The molecule has 1 amide bonds. The fourth-order valence-corrected chi connectivity index (χ4v) is 2.37. The lowest BCUT2D eigenvalue weighted by molar-refractivity contribution is -0.113. The van der Waals surface area contributed by atoms with Crippen molar-refractivity contribution in [1.82, 2.24) is 9.97 Å². The minimum atomic E-state index is -0.0608. The summed E-state index contributed by atoms with van der Waals surface area (Å²) in [5.74, 6) is 0.239. The highest BCUT2D eigenvalue weighted by Crippen LogP contribution is 2.18. The molecule has 2 rings (SSSR count). The Kier molecular flexibility index (Phi) is 5.23. The number of carbonyl (C=O) groups excluding carboxylic acids is 1. The molecule has 0 saturated carbocycles. The third-order valence-corrected chi connectivity index (χ3v) is 3.87. The van der Waals surface area contributed by atoms with Gasteiger partial charge in [0.25, 0.3) is 0 Å². The van der Waals surface area contributed by atoms with Crippen LogP contribution >= 0.6 is 23.5 Å². The molecule has 0 spiro atoms. The van der Waals surface area contributed by atoms with Crippen molar-refractivity contribution in [2.45, 2.75) is 10.1 Å². The maximum absolute atomic E-state index is 11.7. The Morgan fingerprint density at radius 2 is 1.89 bits per heavy atom. The van der Waals surface area contributed by atoms with Crippen molar-refractivity contribution in [1.29, 1.82) is 0 Å². The van der Waals surface area contributed by atoms with Crippen LogP contribution in [0.2, 0.25) is 0 Å². The maximum atomic E-state index is 11.7. The van der Waals surface area contributed by atoms with Gasteiger partial charge in [0.1, 0.15) is 0 Å². The van der Waals surface area contributed by atoms with Gasteiger partial charge < -0.3 is 5.32 Å². The van der Waals surface area contributed by atoms with E-state index in [4.69, 9.17) is 0 Å². The summed E-state index contributed by atoms with van der Waals surface area (Å²) in [7, 11) is 0. The Balaban J connectivity index is 1.83. The second-order valence-electron chi connectivity index (χ2n) is 3.60. The Labute approximate surface area is 120 Å². The molecule has 0 fully saturated rings. The smallest absolute Gasteiger partial charge is 0.234 e. The summed E-state index contributed by atoms with van der Waals surface area (Å²) in [6.45, 7) is 0. The van der Waals surface area contributed by atoms with Gasteiger partial charge >= 0.3 is 0 Å². The summed E-state index contributed by atoms with van der Waals surface area (Å²) in [4.78, 5) is 21.0. The number of nitrogens with one attached hydrogen (secondary N) is 1. The van der Waals surface area contributed by atoms with Gasteiger partial charge in [-0.05, 0) is 36.6 Å². The number of amides is 1. The van der Waals surface area contributed by atoms with Gasteiger partial charge in [-0.25, -0.2) is 9.97 Å². The summed E-state index contributed by atoms with van der Waals surface area (Å²) in [6, 6.07) is 9.50. The molecule has 0 unspecified atom stereocenters. The van der Waals surface area contributed by atoms with Crippen LogP contribution in [0.25, 0.3) is 0 Å². The minimum Gasteiger partial charge on any atom is -0.325 e. The summed E-state index contributed by atoms with van der Waals surface area (Å²) in [5.41, 5.74) is 0.803. The molecule has 98 valence electrons. The number of hydrogen-bond donors (Lipinski definition) is 1. The largest absolute Gasteiger partial charge is 0.325 e. The lowest BCUT2D eigenvalue weighted by atomic mass is 10.3. The lowest BCUT2D eigenvalue weighted by Crippen LogP contribution is -2.14. The summed E-state index contributed by atoms with van der Waals surface area (Å²) in [6.07, 6.45) is 5.34. The summed E-state index contributed by atoms with van der Waals surface area (Å²) in [5, 5.41) is 3.45. The Bertz CT molecular complexity index is 531. The van der Waals surface area contributed by atoms with E-state index >= 15 is 0 Å². The van der Waals surface area contributed by atoms with Gasteiger partial charge in [0.2, 0.25) is 5.91 Å². The number of hydrogen-bond acceptors (Lipinski definition) is 5. The molecule has 0 bridgehead atoms. The van der Waals surface area contributed by atoms with E-state index in [1.165, 1.54) is 16.7 Å². The van der Waals surface area contributed by atoms with Crippen molar-refractivity contribution in [3.8, 4) is 0 Å². The first-order valence-electron chi connectivity index (χ1n) is 5.61. The lowest BCUT2D eigenvalue weighted by Gasteiger charge is -2.05. The molecule has 6 heteroatoms. The van der Waals surface area contributed by atoms with Crippen LogP contribution in [-0.2, 0) is 4.79 Å². The van der Waals surface area contributed by atoms with Crippen LogP contribution in [-0.4, -0.2) is 27.9 Å². The summed E-state index contributed by atoms with van der Waals surface area (Å²) < 4.78 is 0. The van der Waals surface area contributed by atoms with Crippen LogP contribution in [0.15, 0.2) is 52.8 Å².